The topological polar surface area (TPSA) is 94.0 Å². The Morgan fingerprint density at radius 2 is 2.33 bits per heavy atom. The second kappa shape index (κ2) is 5.45. The fraction of sp³-hybridized carbons (Fsp3) is 0.667. The lowest BCUT2D eigenvalue weighted by molar-refractivity contribution is 0.0689. The van der Waals surface area contributed by atoms with Gasteiger partial charge in [0, 0.05) is 6.54 Å². The largest absolute Gasteiger partial charge is 0.476 e. The van der Waals surface area contributed by atoms with E-state index < -0.39 is 5.97 Å². The lowest BCUT2D eigenvalue weighted by Crippen LogP contribution is -2.11. The number of aryl methyl sites for hydroxylation is 1. The Bertz CT molecular complexity index is 335. The molecule has 15 heavy (non-hydrogen) atoms. The van der Waals surface area contributed by atoms with Gasteiger partial charge in [0.15, 0.2) is 5.69 Å². The van der Waals surface area contributed by atoms with E-state index in [0.29, 0.717) is 25.2 Å². The highest BCUT2D eigenvalue weighted by Gasteiger charge is 2.17. The van der Waals surface area contributed by atoms with Crippen LogP contribution in [-0.4, -0.2) is 32.6 Å². The van der Waals surface area contributed by atoms with E-state index in [-0.39, 0.29) is 5.69 Å². The van der Waals surface area contributed by atoms with Crippen molar-refractivity contribution in [2.45, 2.75) is 32.7 Å². The van der Waals surface area contributed by atoms with Crippen molar-refractivity contribution >= 4 is 5.97 Å². The molecule has 0 aliphatic heterocycles. The number of hydrogen-bond donors (Lipinski definition) is 2. The molecule has 1 aromatic heterocycles. The van der Waals surface area contributed by atoms with Crippen LogP contribution in [0, 0.1) is 0 Å². The van der Waals surface area contributed by atoms with Crippen molar-refractivity contribution in [3.05, 3.63) is 11.4 Å². The molecule has 0 spiro atoms. The van der Waals surface area contributed by atoms with Crippen LogP contribution in [0.5, 0.6) is 0 Å². The molecule has 0 saturated carbocycles. The predicted molar refractivity (Wildman–Crippen MR) is 54.6 cm³/mol. The van der Waals surface area contributed by atoms with E-state index in [2.05, 4.69) is 10.3 Å². The Balaban J connectivity index is 2.90. The van der Waals surface area contributed by atoms with Crippen molar-refractivity contribution in [2.75, 3.05) is 6.54 Å². The molecule has 0 aromatic carbocycles. The molecule has 1 aromatic rings. The van der Waals surface area contributed by atoms with Gasteiger partial charge in [0.05, 0.1) is 5.69 Å². The summed E-state index contributed by atoms with van der Waals surface area (Å²) in [5.74, 6) is -1.02. The van der Waals surface area contributed by atoms with Gasteiger partial charge in [-0.25, -0.2) is 9.48 Å². The molecule has 0 unspecified atom stereocenters. The molecule has 0 atom stereocenters. The number of aromatic carboxylic acids is 1. The third-order valence-electron chi connectivity index (χ3n) is 2.10. The first-order valence-electron chi connectivity index (χ1n) is 5.06. The molecule has 0 saturated heterocycles. The van der Waals surface area contributed by atoms with E-state index >= 15 is 0 Å². The van der Waals surface area contributed by atoms with Crippen LogP contribution in [-0.2, 0) is 13.0 Å². The minimum absolute atomic E-state index is 0.0638. The number of carboxylic acids is 1. The van der Waals surface area contributed by atoms with Gasteiger partial charge >= 0.3 is 5.97 Å². The summed E-state index contributed by atoms with van der Waals surface area (Å²) >= 11 is 0. The molecule has 0 aliphatic carbocycles. The quantitative estimate of drug-likeness (QED) is 0.706. The molecule has 6 heteroatoms. The van der Waals surface area contributed by atoms with Gasteiger partial charge < -0.3 is 10.8 Å². The molecule has 6 nitrogen and oxygen atoms in total. The van der Waals surface area contributed by atoms with Crippen LogP contribution < -0.4 is 5.73 Å². The van der Waals surface area contributed by atoms with Gasteiger partial charge in [0.1, 0.15) is 0 Å². The minimum Gasteiger partial charge on any atom is -0.476 e. The van der Waals surface area contributed by atoms with Crippen LogP contribution in [0.1, 0.15) is 35.9 Å². The molecule has 0 amide bonds. The Hall–Kier alpha value is -1.43. The van der Waals surface area contributed by atoms with Crippen molar-refractivity contribution in [1.82, 2.24) is 15.0 Å². The summed E-state index contributed by atoms with van der Waals surface area (Å²) < 4.78 is 1.64. The maximum absolute atomic E-state index is 10.8. The molecule has 0 radical (unpaired) electrons. The zero-order valence-corrected chi connectivity index (χ0v) is 8.81. The van der Waals surface area contributed by atoms with Gasteiger partial charge in [-0.05, 0) is 19.4 Å². The first-order valence-corrected chi connectivity index (χ1v) is 5.06. The zero-order chi connectivity index (χ0) is 11.3. The number of carboxylic acid groups (broad SMARTS) is 1. The molecule has 0 fully saturated rings. The van der Waals surface area contributed by atoms with E-state index in [1.807, 2.05) is 6.92 Å². The Kier molecular flexibility index (Phi) is 4.23. The maximum atomic E-state index is 10.8. The molecule has 0 aliphatic rings. The van der Waals surface area contributed by atoms with Crippen LogP contribution in [0.2, 0.25) is 0 Å². The summed E-state index contributed by atoms with van der Waals surface area (Å²) in [4.78, 5) is 10.8. The van der Waals surface area contributed by atoms with Gasteiger partial charge in [-0.1, -0.05) is 18.6 Å². The molecular formula is C9H16N4O2. The first-order chi connectivity index (χ1) is 7.20. The van der Waals surface area contributed by atoms with Gasteiger partial charge in [-0.3, -0.25) is 0 Å². The highest BCUT2D eigenvalue weighted by atomic mass is 16.4. The standard InChI is InChI=1S/C9H16N4O2/c1-2-4-7-8(9(14)15)11-12-13(7)6-3-5-10/h2-6,10H2,1H3,(H,14,15). The van der Waals surface area contributed by atoms with Crippen molar-refractivity contribution < 1.29 is 9.90 Å². The monoisotopic (exact) mass is 212 g/mol. The molecule has 1 rings (SSSR count). The number of rotatable bonds is 6. The normalized spacial score (nSPS) is 10.5. The fourth-order valence-corrected chi connectivity index (χ4v) is 1.40. The van der Waals surface area contributed by atoms with E-state index in [0.717, 1.165) is 12.8 Å². The van der Waals surface area contributed by atoms with Crippen LogP contribution in [0.15, 0.2) is 0 Å². The third kappa shape index (κ3) is 2.76. The second-order valence-electron chi connectivity index (χ2n) is 3.31. The summed E-state index contributed by atoms with van der Waals surface area (Å²) in [7, 11) is 0. The Labute approximate surface area is 88.1 Å². The minimum atomic E-state index is -1.02. The average molecular weight is 212 g/mol. The summed E-state index contributed by atoms with van der Waals surface area (Å²) in [6.45, 7) is 3.19. The summed E-state index contributed by atoms with van der Waals surface area (Å²) in [6.07, 6.45) is 2.33. The predicted octanol–water partition coefficient (Wildman–Crippen LogP) is 0.278. The molecule has 3 N–H and O–H groups in total. The van der Waals surface area contributed by atoms with Crippen molar-refractivity contribution in [3.8, 4) is 0 Å². The average Bonchev–Trinajstić information content (AvgIpc) is 2.59. The summed E-state index contributed by atoms with van der Waals surface area (Å²) in [5.41, 5.74) is 6.15. The highest BCUT2D eigenvalue weighted by Crippen LogP contribution is 2.08. The van der Waals surface area contributed by atoms with Crippen LogP contribution >= 0.6 is 0 Å². The van der Waals surface area contributed by atoms with Crippen molar-refractivity contribution in [3.63, 3.8) is 0 Å². The van der Waals surface area contributed by atoms with Gasteiger partial charge in [-0.2, -0.15) is 0 Å². The van der Waals surface area contributed by atoms with Crippen LogP contribution in [0.4, 0.5) is 0 Å². The lowest BCUT2D eigenvalue weighted by atomic mass is 10.2. The summed E-state index contributed by atoms with van der Waals surface area (Å²) in [6, 6.07) is 0. The lowest BCUT2D eigenvalue weighted by Gasteiger charge is -2.04. The number of hydrogen-bond acceptors (Lipinski definition) is 4. The smallest absolute Gasteiger partial charge is 0.358 e. The highest BCUT2D eigenvalue weighted by molar-refractivity contribution is 5.86. The Morgan fingerprint density at radius 3 is 2.87 bits per heavy atom. The number of aromatic nitrogens is 3. The number of carbonyl (C=O) groups is 1. The van der Waals surface area contributed by atoms with Crippen molar-refractivity contribution in [2.24, 2.45) is 5.73 Å². The van der Waals surface area contributed by atoms with Gasteiger partial charge in [0.25, 0.3) is 0 Å². The maximum Gasteiger partial charge on any atom is 0.358 e. The molecule has 0 bridgehead atoms. The summed E-state index contributed by atoms with van der Waals surface area (Å²) in [5, 5.41) is 16.4. The van der Waals surface area contributed by atoms with Crippen molar-refractivity contribution in [1.29, 1.82) is 0 Å². The van der Waals surface area contributed by atoms with Gasteiger partial charge in [0.2, 0.25) is 0 Å². The van der Waals surface area contributed by atoms with E-state index in [9.17, 15) is 4.79 Å². The van der Waals surface area contributed by atoms with E-state index in [1.54, 1.807) is 4.68 Å². The van der Waals surface area contributed by atoms with Crippen LogP contribution in [0.25, 0.3) is 0 Å². The number of nitrogens with two attached hydrogens (primary N) is 1. The fourth-order valence-electron chi connectivity index (χ4n) is 1.40. The SMILES string of the molecule is CCCc1c(C(=O)O)nnn1CCCN. The Morgan fingerprint density at radius 1 is 1.60 bits per heavy atom. The number of nitrogens with zero attached hydrogens (tertiary/aromatic N) is 3. The second-order valence-corrected chi connectivity index (χ2v) is 3.31. The van der Waals surface area contributed by atoms with Crippen LogP contribution in [0.3, 0.4) is 0 Å². The molecule has 1 heterocycles. The first kappa shape index (κ1) is 11.6. The van der Waals surface area contributed by atoms with Gasteiger partial charge in [-0.15, -0.1) is 5.10 Å². The van der Waals surface area contributed by atoms with E-state index in [1.165, 1.54) is 0 Å². The van der Waals surface area contributed by atoms with E-state index in [4.69, 9.17) is 10.8 Å². The molecule has 84 valence electrons. The third-order valence-corrected chi connectivity index (χ3v) is 2.10. The zero-order valence-electron chi connectivity index (χ0n) is 8.81. The molecular weight excluding hydrogens is 196 g/mol.